The number of hydrogen-bond donors (Lipinski definition) is 0. The predicted octanol–water partition coefficient (Wildman–Crippen LogP) is 1.70. The van der Waals surface area contributed by atoms with Crippen molar-refractivity contribution in [2.24, 2.45) is 5.92 Å². The molecule has 4 rings (SSSR count). The van der Waals surface area contributed by atoms with E-state index < -0.39 is 0 Å². The third-order valence-corrected chi connectivity index (χ3v) is 5.41. The van der Waals surface area contributed by atoms with Crippen molar-refractivity contribution in [3.05, 3.63) is 29.6 Å². The highest BCUT2D eigenvalue weighted by Gasteiger charge is 2.50. The second-order valence-electron chi connectivity index (χ2n) is 7.58. The van der Waals surface area contributed by atoms with Gasteiger partial charge in [0.1, 0.15) is 5.60 Å². The summed E-state index contributed by atoms with van der Waals surface area (Å²) in [5.41, 5.74) is 2.05. The monoisotopic (exact) mass is 346 g/mol. The number of hydrogen-bond acceptors (Lipinski definition) is 5. The van der Waals surface area contributed by atoms with E-state index >= 15 is 0 Å². The molecule has 0 aliphatic carbocycles. The smallest absolute Gasteiger partial charge is 0.228 e. The van der Waals surface area contributed by atoms with Crippen LogP contribution in [0.5, 0.6) is 0 Å². The van der Waals surface area contributed by atoms with Gasteiger partial charge in [-0.05, 0) is 30.9 Å². The zero-order valence-electron chi connectivity index (χ0n) is 14.8. The molecule has 0 unspecified atom stereocenters. The van der Waals surface area contributed by atoms with Gasteiger partial charge in [0.15, 0.2) is 0 Å². The van der Waals surface area contributed by atoms with Crippen LogP contribution in [-0.2, 0) is 25.6 Å². The Bertz CT molecular complexity index is 624. The molecule has 6 nitrogen and oxygen atoms in total. The number of aromatic nitrogens is 1. The molecule has 0 saturated carbocycles. The molecule has 1 amide bonds. The minimum absolute atomic E-state index is 0.0433. The Kier molecular flexibility index (Phi) is 4.75. The van der Waals surface area contributed by atoms with Crippen LogP contribution in [0.25, 0.3) is 0 Å². The number of aryl methyl sites for hydroxylation is 1. The van der Waals surface area contributed by atoms with Gasteiger partial charge in [0.05, 0.1) is 38.3 Å². The molecule has 3 saturated heterocycles. The van der Waals surface area contributed by atoms with Crippen LogP contribution in [0.2, 0.25) is 0 Å². The molecule has 136 valence electrons. The summed E-state index contributed by atoms with van der Waals surface area (Å²) in [6.45, 7) is 5.97. The Balaban J connectivity index is 1.28. The van der Waals surface area contributed by atoms with Crippen LogP contribution in [-0.4, -0.2) is 60.4 Å². The Hall–Kier alpha value is -1.50. The van der Waals surface area contributed by atoms with Crippen molar-refractivity contribution in [2.75, 3.05) is 32.9 Å². The summed E-state index contributed by atoms with van der Waals surface area (Å²) in [6, 6.07) is 2.11. The lowest BCUT2D eigenvalue weighted by Gasteiger charge is -2.53. The predicted molar refractivity (Wildman–Crippen MR) is 91.0 cm³/mol. The Labute approximate surface area is 148 Å². The number of nitrogens with zero attached hydrogens (tertiary/aromatic N) is 2. The van der Waals surface area contributed by atoms with E-state index in [0.29, 0.717) is 39.5 Å². The molecule has 1 aromatic heterocycles. The lowest BCUT2D eigenvalue weighted by atomic mass is 9.84. The van der Waals surface area contributed by atoms with Crippen LogP contribution in [0, 0.1) is 12.8 Å². The van der Waals surface area contributed by atoms with Crippen molar-refractivity contribution < 1.29 is 19.0 Å². The normalized spacial score (nSPS) is 28.1. The van der Waals surface area contributed by atoms with E-state index in [1.807, 2.05) is 24.2 Å². The molecule has 1 aromatic rings. The number of carbonyl (C=O) groups is 1. The fourth-order valence-corrected chi connectivity index (χ4v) is 4.05. The van der Waals surface area contributed by atoms with Gasteiger partial charge in [-0.3, -0.25) is 9.78 Å². The highest BCUT2D eigenvalue weighted by molar-refractivity contribution is 5.80. The first kappa shape index (κ1) is 16.9. The fraction of sp³-hybridized carbons (Fsp3) is 0.684. The molecule has 0 bridgehead atoms. The van der Waals surface area contributed by atoms with Gasteiger partial charge in [0.2, 0.25) is 5.91 Å². The molecule has 4 heterocycles. The summed E-state index contributed by atoms with van der Waals surface area (Å²) in [6.07, 6.45) is 6.50. The van der Waals surface area contributed by atoms with Crippen molar-refractivity contribution in [2.45, 2.75) is 44.5 Å². The molecule has 25 heavy (non-hydrogen) atoms. The molecular formula is C19H26N2O4. The minimum Gasteiger partial charge on any atom is -0.381 e. The molecule has 0 N–H and O–H groups in total. The van der Waals surface area contributed by atoms with Gasteiger partial charge < -0.3 is 19.1 Å². The Morgan fingerprint density at radius 3 is 3.00 bits per heavy atom. The highest BCUT2D eigenvalue weighted by Crippen LogP contribution is 2.36. The number of carbonyl (C=O) groups excluding carboxylic acids is 1. The maximum absolute atomic E-state index is 12.4. The van der Waals surface area contributed by atoms with Gasteiger partial charge in [0.25, 0.3) is 0 Å². The summed E-state index contributed by atoms with van der Waals surface area (Å²) < 4.78 is 17.5. The molecule has 3 aliphatic rings. The summed E-state index contributed by atoms with van der Waals surface area (Å²) in [5.74, 6) is 0.266. The number of amides is 1. The van der Waals surface area contributed by atoms with Crippen molar-refractivity contribution in [1.29, 1.82) is 0 Å². The quantitative estimate of drug-likeness (QED) is 0.830. The lowest BCUT2D eigenvalue weighted by molar-refractivity contribution is -0.204. The maximum atomic E-state index is 12.4. The van der Waals surface area contributed by atoms with E-state index in [1.165, 1.54) is 0 Å². The molecule has 0 aromatic carbocycles. The van der Waals surface area contributed by atoms with Gasteiger partial charge in [0, 0.05) is 32.0 Å². The van der Waals surface area contributed by atoms with Crippen LogP contribution >= 0.6 is 0 Å². The molecule has 6 heteroatoms. The fourth-order valence-electron chi connectivity index (χ4n) is 4.05. The average Bonchev–Trinajstić information content (AvgIpc) is 3.12. The Morgan fingerprint density at radius 2 is 2.24 bits per heavy atom. The van der Waals surface area contributed by atoms with Gasteiger partial charge in [-0.25, -0.2) is 0 Å². The second-order valence-corrected chi connectivity index (χ2v) is 7.58. The van der Waals surface area contributed by atoms with E-state index in [1.54, 1.807) is 0 Å². The van der Waals surface area contributed by atoms with E-state index in [0.717, 1.165) is 30.4 Å². The zero-order valence-corrected chi connectivity index (χ0v) is 14.8. The first-order valence-electron chi connectivity index (χ1n) is 9.16. The van der Waals surface area contributed by atoms with Gasteiger partial charge >= 0.3 is 0 Å². The van der Waals surface area contributed by atoms with Crippen LogP contribution in [0.4, 0.5) is 0 Å². The molecule has 3 fully saturated rings. The van der Waals surface area contributed by atoms with E-state index in [9.17, 15) is 4.79 Å². The largest absolute Gasteiger partial charge is 0.381 e. The maximum Gasteiger partial charge on any atom is 0.228 e. The summed E-state index contributed by atoms with van der Waals surface area (Å²) >= 11 is 0. The van der Waals surface area contributed by atoms with E-state index in [-0.39, 0.29) is 23.5 Å². The first-order chi connectivity index (χ1) is 12.1. The summed E-state index contributed by atoms with van der Waals surface area (Å²) in [7, 11) is 0. The first-order valence-corrected chi connectivity index (χ1v) is 9.16. The molecule has 2 atom stereocenters. The topological polar surface area (TPSA) is 60.9 Å². The van der Waals surface area contributed by atoms with E-state index in [2.05, 4.69) is 11.1 Å². The van der Waals surface area contributed by atoms with Gasteiger partial charge in [-0.15, -0.1) is 0 Å². The highest BCUT2D eigenvalue weighted by atomic mass is 16.5. The minimum atomic E-state index is -0.205. The third kappa shape index (κ3) is 3.71. The van der Waals surface area contributed by atoms with Crippen molar-refractivity contribution >= 4 is 5.91 Å². The van der Waals surface area contributed by atoms with Crippen molar-refractivity contribution in [3.8, 4) is 0 Å². The third-order valence-electron chi connectivity index (χ3n) is 5.41. The molecule has 1 spiro atoms. The van der Waals surface area contributed by atoms with Gasteiger partial charge in [-0.2, -0.15) is 0 Å². The van der Waals surface area contributed by atoms with E-state index in [4.69, 9.17) is 14.2 Å². The molecule has 0 radical (unpaired) electrons. The van der Waals surface area contributed by atoms with Crippen molar-refractivity contribution in [3.63, 3.8) is 0 Å². The standard InChI is InChI=1S/C19H26N2O4/c1-14-6-15(9-20-8-14)10-24-17-3-5-25-19(7-17)12-21(13-19)18(22)16-2-4-23-11-16/h6,8-9,16-17H,2-5,7,10-13H2,1H3/t16-,17+/m1/s1. The van der Waals surface area contributed by atoms with Crippen molar-refractivity contribution in [1.82, 2.24) is 9.88 Å². The van der Waals surface area contributed by atoms with Crippen LogP contribution < -0.4 is 0 Å². The van der Waals surface area contributed by atoms with Crippen LogP contribution in [0.15, 0.2) is 18.5 Å². The number of rotatable bonds is 4. The van der Waals surface area contributed by atoms with Crippen LogP contribution in [0.3, 0.4) is 0 Å². The Morgan fingerprint density at radius 1 is 1.36 bits per heavy atom. The zero-order chi connectivity index (χ0) is 17.3. The lowest BCUT2D eigenvalue weighted by Crippen LogP contribution is -2.68. The number of ether oxygens (including phenoxy) is 3. The summed E-state index contributed by atoms with van der Waals surface area (Å²) in [4.78, 5) is 18.6. The van der Waals surface area contributed by atoms with Crippen LogP contribution in [0.1, 0.15) is 30.4 Å². The molecular weight excluding hydrogens is 320 g/mol. The average molecular weight is 346 g/mol. The molecule has 3 aliphatic heterocycles. The second kappa shape index (κ2) is 7.02. The number of pyridine rings is 1. The van der Waals surface area contributed by atoms with Gasteiger partial charge in [-0.1, -0.05) is 6.07 Å². The SMILES string of the molecule is Cc1cncc(CO[C@H]2CCOC3(C2)CN(C(=O)[C@@H]2CCOC2)C3)c1. The summed E-state index contributed by atoms with van der Waals surface area (Å²) in [5, 5.41) is 0. The number of likely N-dealkylation sites (tertiary alicyclic amines) is 1.